The number of carbonyl (C=O) groups excluding carboxylic acids is 1. The molecule has 0 unspecified atom stereocenters. The zero-order valence-corrected chi connectivity index (χ0v) is 15.3. The molecular weight excluding hydrogens is 342 g/mol. The highest BCUT2D eigenvalue weighted by Gasteiger charge is 2.25. The van der Waals surface area contributed by atoms with Crippen molar-refractivity contribution in [1.82, 2.24) is 24.8 Å². The highest BCUT2D eigenvalue weighted by molar-refractivity contribution is 5.78. The molecule has 4 rings (SSSR count). The number of hydrogen-bond acceptors (Lipinski definition) is 5. The maximum Gasteiger partial charge on any atom is 0.246 e. The number of ether oxygens (including phenoxy) is 1. The van der Waals surface area contributed by atoms with Gasteiger partial charge in [-0.3, -0.25) is 14.7 Å². The number of nitrogens with one attached hydrogen (secondary N) is 1. The van der Waals surface area contributed by atoms with Gasteiger partial charge in [0, 0.05) is 44.9 Å². The molecule has 0 aliphatic carbocycles. The Morgan fingerprint density at radius 1 is 1.30 bits per heavy atom. The molecule has 2 aromatic heterocycles. The molecule has 3 aromatic rings. The van der Waals surface area contributed by atoms with Crippen molar-refractivity contribution in [2.45, 2.75) is 19.1 Å². The molecular formula is C20H23N5O2. The standard InChI is InChI=1S/C20H23N5O2/c1-27-13-20(26)22-9-18-12-24(11-17-8-21-14-25(17)18)10-16-7-6-15-4-2-3-5-19(15)23-16/h2-8,14,18H,9-13H2,1H3,(H,22,26)/t18-/m1/s1. The number of imidazole rings is 1. The summed E-state index contributed by atoms with van der Waals surface area (Å²) in [4.78, 5) is 23.2. The molecule has 0 saturated heterocycles. The summed E-state index contributed by atoms with van der Waals surface area (Å²) in [6.45, 7) is 3.03. The van der Waals surface area contributed by atoms with E-state index in [9.17, 15) is 4.79 Å². The fraction of sp³-hybridized carbons (Fsp3) is 0.350. The van der Waals surface area contributed by atoms with E-state index in [1.807, 2.05) is 30.7 Å². The zero-order chi connectivity index (χ0) is 18.6. The van der Waals surface area contributed by atoms with Crippen LogP contribution in [0.3, 0.4) is 0 Å². The number of aromatic nitrogens is 3. The smallest absolute Gasteiger partial charge is 0.246 e. The van der Waals surface area contributed by atoms with Gasteiger partial charge in [0.05, 0.1) is 29.3 Å². The maximum atomic E-state index is 11.7. The molecule has 0 spiro atoms. The highest BCUT2D eigenvalue weighted by atomic mass is 16.5. The van der Waals surface area contributed by atoms with Crippen LogP contribution < -0.4 is 5.32 Å². The molecule has 7 nitrogen and oxygen atoms in total. The largest absolute Gasteiger partial charge is 0.375 e. The number of nitrogens with zero attached hydrogens (tertiary/aromatic N) is 4. The monoisotopic (exact) mass is 365 g/mol. The summed E-state index contributed by atoms with van der Waals surface area (Å²) < 4.78 is 7.03. The summed E-state index contributed by atoms with van der Waals surface area (Å²) in [5, 5.41) is 4.09. The van der Waals surface area contributed by atoms with Crippen molar-refractivity contribution in [3.05, 3.63) is 60.3 Å². The molecule has 27 heavy (non-hydrogen) atoms. The Bertz CT molecular complexity index is 939. The Labute approximate surface area is 158 Å². The second kappa shape index (κ2) is 7.85. The first-order chi connectivity index (χ1) is 13.2. The van der Waals surface area contributed by atoms with Gasteiger partial charge in [0.15, 0.2) is 0 Å². The van der Waals surface area contributed by atoms with Gasteiger partial charge in [-0.25, -0.2) is 4.98 Å². The highest BCUT2D eigenvalue weighted by Crippen LogP contribution is 2.22. The number of benzene rings is 1. The lowest BCUT2D eigenvalue weighted by atomic mass is 10.1. The lowest BCUT2D eigenvalue weighted by Gasteiger charge is -2.34. The summed E-state index contributed by atoms with van der Waals surface area (Å²) in [5.41, 5.74) is 3.21. The van der Waals surface area contributed by atoms with Crippen LogP contribution in [0.1, 0.15) is 17.4 Å². The summed E-state index contributed by atoms with van der Waals surface area (Å²) in [6.07, 6.45) is 3.73. The minimum absolute atomic E-state index is 0.0776. The van der Waals surface area contributed by atoms with E-state index in [0.29, 0.717) is 6.54 Å². The summed E-state index contributed by atoms with van der Waals surface area (Å²) in [7, 11) is 1.52. The van der Waals surface area contributed by atoms with Gasteiger partial charge >= 0.3 is 0 Å². The van der Waals surface area contributed by atoms with Gasteiger partial charge in [0.2, 0.25) is 5.91 Å². The number of hydrogen-bond donors (Lipinski definition) is 1. The van der Waals surface area contributed by atoms with Crippen LogP contribution in [0.5, 0.6) is 0 Å². The number of fused-ring (bicyclic) bond motifs is 2. The predicted molar refractivity (Wildman–Crippen MR) is 102 cm³/mol. The van der Waals surface area contributed by atoms with Crippen LogP contribution >= 0.6 is 0 Å². The SMILES string of the molecule is COCC(=O)NC[C@@H]1CN(Cc2ccc3ccccc3n2)Cc2cncn21. The molecule has 1 aromatic carbocycles. The Hall–Kier alpha value is -2.77. The van der Waals surface area contributed by atoms with Crippen LogP contribution in [0.15, 0.2) is 48.9 Å². The fourth-order valence-corrected chi connectivity index (χ4v) is 3.59. The Morgan fingerprint density at radius 3 is 3.07 bits per heavy atom. The number of methoxy groups -OCH3 is 1. The summed E-state index contributed by atoms with van der Waals surface area (Å²) in [6, 6.07) is 12.5. The normalized spacial score (nSPS) is 17.0. The lowest BCUT2D eigenvalue weighted by Crippen LogP contribution is -2.42. The predicted octanol–water partition coefficient (Wildman–Crippen LogP) is 1.75. The van der Waals surface area contributed by atoms with Crippen LogP contribution in [0.25, 0.3) is 10.9 Å². The van der Waals surface area contributed by atoms with Crippen molar-refractivity contribution in [2.75, 3.05) is 26.8 Å². The number of pyridine rings is 1. The first-order valence-corrected chi connectivity index (χ1v) is 9.06. The van der Waals surface area contributed by atoms with Crippen molar-refractivity contribution in [2.24, 2.45) is 0 Å². The van der Waals surface area contributed by atoms with Crippen molar-refractivity contribution in [1.29, 1.82) is 0 Å². The topological polar surface area (TPSA) is 72.3 Å². The second-order valence-corrected chi connectivity index (χ2v) is 6.85. The molecule has 1 amide bonds. The Kier molecular flexibility index (Phi) is 5.13. The van der Waals surface area contributed by atoms with E-state index >= 15 is 0 Å². The van der Waals surface area contributed by atoms with Crippen LogP contribution in [0.4, 0.5) is 0 Å². The van der Waals surface area contributed by atoms with E-state index < -0.39 is 0 Å². The molecule has 3 heterocycles. The van der Waals surface area contributed by atoms with Gasteiger partial charge in [0.25, 0.3) is 0 Å². The lowest BCUT2D eigenvalue weighted by molar-refractivity contribution is -0.124. The van der Waals surface area contributed by atoms with E-state index in [2.05, 4.69) is 38.0 Å². The average molecular weight is 365 g/mol. The van der Waals surface area contributed by atoms with Gasteiger partial charge in [-0.05, 0) is 12.1 Å². The second-order valence-electron chi connectivity index (χ2n) is 6.85. The first-order valence-electron chi connectivity index (χ1n) is 9.06. The van der Waals surface area contributed by atoms with Crippen LogP contribution in [-0.2, 0) is 22.6 Å². The molecule has 7 heteroatoms. The van der Waals surface area contributed by atoms with Gasteiger partial charge < -0.3 is 14.6 Å². The van der Waals surface area contributed by atoms with E-state index in [0.717, 1.165) is 41.9 Å². The molecule has 1 aliphatic heterocycles. The number of carbonyl (C=O) groups is 1. The van der Waals surface area contributed by atoms with Crippen molar-refractivity contribution < 1.29 is 9.53 Å². The Balaban J connectivity index is 1.47. The third kappa shape index (κ3) is 3.99. The number of para-hydroxylation sites is 1. The summed E-state index contributed by atoms with van der Waals surface area (Å²) >= 11 is 0. The van der Waals surface area contributed by atoms with E-state index in [-0.39, 0.29) is 18.6 Å². The molecule has 140 valence electrons. The van der Waals surface area contributed by atoms with E-state index in [1.165, 1.54) is 7.11 Å². The maximum absolute atomic E-state index is 11.7. The van der Waals surface area contributed by atoms with Crippen LogP contribution in [-0.4, -0.2) is 52.1 Å². The first kappa shape index (κ1) is 17.6. The molecule has 1 N–H and O–H groups in total. The van der Waals surface area contributed by atoms with Gasteiger partial charge in [-0.15, -0.1) is 0 Å². The van der Waals surface area contributed by atoms with E-state index in [1.54, 1.807) is 0 Å². The molecule has 1 aliphatic rings. The molecule has 1 atom stereocenters. The minimum atomic E-state index is -0.104. The van der Waals surface area contributed by atoms with Crippen molar-refractivity contribution in [3.8, 4) is 0 Å². The third-order valence-electron chi connectivity index (χ3n) is 4.85. The minimum Gasteiger partial charge on any atom is -0.375 e. The zero-order valence-electron chi connectivity index (χ0n) is 15.3. The van der Waals surface area contributed by atoms with Gasteiger partial charge in [-0.2, -0.15) is 0 Å². The van der Waals surface area contributed by atoms with Crippen LogP contribution in [0, 0.1) is 0 Å². The quantitative estimate of drug-likeness (QED) is 0.721. The summed E-state index contributed by atoms with van der Waals surface area (Å²) in [5.74, 6) is -0.104. The van der Waals surface area contributed by atoms with E-state index in [4.69, 9.17) is 9.72 Å². The third-order valence-corrected chi connectivity index (χ3v) is 4.85. The number of amides is 1. The molecule has 0 bridgehead atoms. The Morgan fingerprint density at radius 2 is 2.19 bits per heavy atom. The molecule has 0 saturated carbocycles. The number of rotatable bonds is 6. The average Bonchev–Trinajstić information content (AvgIpc) is 3.15. The fourth-order valence-electron chi connectivity index (χ4n) is 3.59. The van der Waals surface area contributed by atoms with Crippen molar-refractivity contribution in [3.63, 3.8) is 0 Å². The van der Waals surface area contributed by atoms with Crippen LogP contribution in [0.2, 0.25) is 0 Å². The van der Waals surface area contributed by atoms with Gasteiger partial charge in [-0.1, -0.05) is 24.3 Å². The van der Waals surface area contributed by atoms with Crippen molar-refractivity contribution >= 4 is 16.8 Å². The molecule has 0 fully saturated rings. The molecule has 0 radical (unpaired) electrons. The van der Waals surface area contributed by atoms with Gasteiger partial charge in [0.1, 0.15) is 6.61 Å².